The molecule has 134 valence electrons. The van der Waals surface area contributed by atoms with Gasteiger partial charge in [0, 0.05) is 31.9 Å². The molecular formula is C20H28N4O. The lowest BCUT2D eigenvalue weighted by atomic mass is 9.99. The van der Waals surface area contributed by atoms with E-state index in [1.165, 1.54) is 11.1 Å². The maximum absolute atomic E-state index is 5.56. The van der Waals surface area contributed by atoms with E-state index in [-0.39, 0.29) is 0 Å². The van der Waals surface area contributed by atoms with Crippen molar-refractivity contribution in [3.8, 4) is 5.88 Å². The van der Waals surface area contributed by atoms with Crippen LogP contribution in [0, 0.1) is 6.92 Å². The van der Waals surface area contributed by atoms with E-state index in [0.29, 0.717) is 24.9 Å². The summed E-state index contributed by atoms with van der Waals surface area (Å²) in [4.78, 5) is 8.57. The number of nitrogens with zero attached hydrogens (tertiary/aromatic N) is 2. The van der Waals surface area contributed by atoms with Crippen LogP contribution in [0.15, 0.2) is 47.6 Å². The van der Waals surface area contributed by atoms with Gasteiger partial charge in [0.2, 0.25) is 5.88 Å². The number of rotatable bonds is 7. The standard InChI is InChI=1S/C20H28N4O/c1-5-25-19-18(10-7-11-22-19)14-24-20(21-4)23-13-16(3)17-9-6-8-15(2)12-17/h6-12,16H,5,13-14H2,1-4H3,(H2,21,23,24). The summed E-state index contributed by atoms with van der Waals surface area (Å²) in [7, 11) is 1.78. The van der Waals surface area contributed by atoms with E-state index in [1.807, 2.05) is 19.1 Å². The molecule has 0 radical (unpaired) electrons. The van der Waals surface area contributed by atoms with Crippen molar-refractivity contribution in [1.29, 1.82) is 0 Å². The minimum absolute atomic E-state index is 0.399. The number of aliphatic imine (C=N–C) groups is 1. The number of benzene rings is 1. The van der Waals surface area contributed by atoms with Crippen LogP contribution in [0.4, 0.5) is 0 Å². The highest BCUT2D eigenvalue weighted by Crippen LogP contribution is 2.16. The van der Waals surface area contributed by atoms with Gasteiger partial charge in [-0.1, -0.05) is 42.8 Å². The molecule has 0 bridgehead atoms. The molecule has 1 aromatic carbocycles. The van der Waals surface area contributed by atoms with Gasteiger partial charge in [-0.25, -0.2) is 4.98 Å². The molecule has 2 N–H and O–H groups in total. The van der Waals surface area contributed by atoms with Gasteiger partial charge in [-0.15, -0.1) is 0 Å². The van der Waals surface area contributed by atoms with Gasteiger partial charge in [0.25, 0.3) is 0 Å². The third-order valence-corrected chi connectivity index (χ3v) is 3.99. The van der Waals surface area contributed by atoms with Crippen molar-refractivity contribution in [1.82, 2.24) is 15.6 Å². The summed E-state index contributed by atoms with van der Waals surface area (Å²) in [6.07, 6.45) is 1.74. The monoisotopic (exact) mass is 340 g/mol. The van der Waals surface area contributed by atoms with Crippen molar-refractivity contribution in [2.24, 2.45) is 4.99 Å². The van der Waals surface area contributed by atoms with Crippen LogP contribution >= 0.6 is 0 Å². The Kier molecular flexibility index (Phi) is 7.26. The van der Waals surface area contributed by atoms with Gasteiger partial charge in [0.05, 0.1) is 6.61 Å². The minimum atomic E-state index is 0.399. The number of ether oxygens (including phenoxy) is 1. The van der Waals surface area contributed by atoms with Crippen LogP contribution in [0.1, 0.15) is 36.5 Å². The lowest BCUT2D eigenvalue weighted by molar-refractivity contribution is 0.322. The van der Waals surface area contributed by atoms with E-state index in [2.05, 4.69) is 58.7 Å². The second kappa shape index (κ2) is 9.67. The molecule has 5 heteroatoms. The molecule has 0 amide bonds. The topological polar surface area (TPSA) is 58.5 Å². The first-order valence-electron chi connectivity index (χ1n) is 8.71. The number of hydrogen-bond acceptors (Lipinski definition) is 3. The summed E-state index contributed by atoms with van der Waals surface area (Å²) in [6, 6.07) is 12.5. The number of pyridine rings is 1. The highest BCUT2D eigenvalue weighted by Gasteiger charge is 2.08. The SMILES string of the molecule is CCOc1ncccc1CNC(=NC)NCC(C)c1cccc(C)c1. The lowest BCUT2D eigenvalue weighted by Crippen LogP contribution is -2.38. The fourth-order valence-electron chi connectivity index (χ4n) is 2.57. The molecule has 0 saturated carbocycles. The van der Waals surface area contributed by atoms with Gasteiger partial charge in [-0.05, 0) is 31.4 Å². The third-order valence-electron chi connectivity index (χ3n) is 3.99. The largest absolute Gasteiger partial charge is 0.478 e. The first kappa shape index (κ1) is 18.8. The van der Waals surface area contributed by atoms with E-state index < -0.39 is 0 Å². The Labute approximate surface area is 150 Å². The predicted molar refractivity (Wildman–Crippen MR) is 103 cm³/mol. The van der Waals surface area contributed by atoms with Gasteiger partial charge in [0.1, 0.15) is 0 Å². The van der Waals surface area contributed by atoms with Crippen LogP contribution in [0.5, 0.6) is 5.88 Å². The molecule has 1 unspecified atom stereocenters. The number of aryl methyl sites for hydroxylation is 1. The van der Waals surface area contributed by atoms with Crippen molar-refractivity contribution in [3.05, 3.63) is 59.3 Å². The van der Waals surface area contributed by atoms with Crippen LogP contribution < -0.4 is 15.4 Å². The Morgan fingerprint density at radius 1 is 1.24 bits per heavy atom. The van der Waals surface area contributed by atoms with E-state index in [0.717, 1.165) is 18.1 Å². The molecule has 1 heterocycles. The summed E-state index contributed by atoms with van der Waals surface area (Å²) in [5.74, 6) is 1.84. The normalized spacial score (nSPS) is 12.6. The van der Waals surface area contributed by atoms with Gasteiger partial charge in [-0.3, -0.25) is 4.99 Å². The Morgan fingerprint density at radius 3 is 2.80 bits per heavy atom. The lowest BCUT2D eigenvalue weighted by Gasteiger charge is -2.17. The zero-order chi connectivity index (χ0) is 18.1. The van der Waals surface area contributed by atoms with E-state index in [4.69, 9.17) is 4.74 Å². The van der Waals surface area contributed by atoms with E-state index >= 15 is 0 Å². The first-order valence-corrected chi connectivity index (χ1v) is 8.71. The molecule has 1 atom stereocenters. The average Bonchev–Trinajstić information content (AvgIpc) is 2.63. The van der Waals surface area contributed by atoms with Crippen LogP contribution in [-0.2, 0) is 6.54 Å². The molecule has 0 aliphatic carbocycles. The van der Waals surface area contributed by atoms with Crippen molar-refractivity contribution < 1.29 is 4.74 Å². The zero-order valence-corrected chi connectivity index (χ0v) is 15.5. The average molecular weight is 340 g/mol. The predicted octanol–water partition coefficient (Wildman–Crippen LogP) is 3.26. The molecule has 0 aliphatic rings. The molecular weight excluding hydrogens is 312 g/mol. The number of aromatic nitrogens is 1. The van der Waals surface area contributed by atoms with Crippen LogP contribution in [0.25, 0.3) is 0 Å². The summed E-state index contributed by atoms with van der Waals surface area (Å²) in [5.41, 5.74) is 3.62. The van der Waals surface area contributed by atoms with Crippen molar-refractivity contribution >= 4 is 5.96 Å². The molecule has 2 rings (SSSR count). The smallest absolute Gasteiger partial charge is 0.218 e. The minimum Gasteiger partial charge on any atom is -0.478 e. The number of guanidine groups is 1. The highest BCUT2D eigenvalue weighted by atomic mass is 16.5. The van der Waals surface area contributed by atoms with Crippen LogP contribution in [-0.4, -0.2) is 31.1 Å². The Morgan fingerprint density at radius 2 is 2.08 bits per heavy atom. The Hall–Kier alpha value is -2.56. The molecule has 1 aromatic heterocycles. The van der Waals surface area contributed by atoms with Crippen molar-refractivity contribution in [3.63, 3.8) is 0 Å². The van der Waals surface area contributed by atoms with Gasteiger partial charge in [-0.2, -0.15) is 0 Å². The van der Waals surface area contributed by atoms with Crippen LogP contribution in [0.2, 0.25) is 0 Å². The van der Waals surface area contributed by atoms with Gasteiger partial charge in [0.15, 0.2) is 5.96 Å². The third kappa shape index (κ3) is 5.78. The molecule has 25 heavy (non-hydrogen) atoms. The zero-order valence-electron chi connectivity index (χ0n) is 15.5. The molecule has 2 aromatic rings. The van der Waals surface area contributed by atoms with Crippen molar-refractivity contribution in [2.45, 2.75) is 33.2 Å². The van der Waals surface area contributed by atoms with Gasteiger partial charge < -0.3 is 15.4 Å². The quantitative estimate of drug-likeness (QED) is 0.600. The number of nitrogens with one attached hydrogen (secondary N) is 2. The summed E-state index contributed by atoms with van der Waals surface area (Å²) in [6.45, 7) is 8.32. The maximum Gasteiger partial charge on any atom is 0.218 e. The fraction of sp³-hybridized carbons (Fsp3) is 0.400. The second-order valence-electron chi connectivity index (χ2n) is 6.02. The first-order chi connectivity index (χ1) is 12.1. The Bertz CT molecular complexity index is 700. The summed E-state index contributed by atoms with van der Waals surface area (Å²) >= 11 is 0. The Balaban J connectivity index is 1.89. The maximum atomic E-state index is 5.56. The second-order valence-corrected chi connectivity index (χ2v) is 6.02. The molecule has 0 spiro atoms. The van der Waals surface area contributed by atoms with E-state index in [9.17, 15) is 0 Å². The fourth-order valence-corrected chi connectivity index (χ4v) is 2.57. The molecule has 5 nitrogen and oxygen atoms in total. The molecule has 0 aliphatic heterocycles. The highest BCUT2D eigenvalue weighted by molar-refractivity contribution is 5.79. The van der Waals surface area contributed by atoms with Gasteiger partial charge >= 0.3 is 0 Å². The summed E-state index contributed by atoms with van der Waals surface area (Å²) < 4.78 is 5.56. The molecule has 0 saturated heterocycles. The van der Waals surface area contributed by atoms with Crippen molar-refractivity contribution in [2.75, 3.05) is 20.2 Å². The molecule has 0 fully saturated rings. The van der Waals surface area contributed by atoms with Crippen LogP contribution in [0.3, 0.4) is 0 Å². The van der Waals surface area contributed by atoms with E-state index in [1.54, 1.807) is 13.2 Å². The number of hydrogen-bond donors (Lipinski definition) is 2. The summed E-state index contributed by atoms with van der Waals surface area (Å²) in [5, 5.41) is 6.71.